The van der Waals surface area contributed by atoms with Crippen molar-refractivity contribution in [3.8, 4) is 5.75 Å². The second-order valence-electron chi connectivity index (χ2n) is 7.52. The van der Waals surface area contributed by atoms with Gasteiger partial charge in [-0.1, -0.05) is 11.6 Å². The van der Waals surface area contributed by atoms with Gasteiger partial charge in [0.1, 0.15) is 15.6 Å². The lowest BCUT2D eigenvalue weighted by Crippen LogP contribution is -2.54. The fraction of sp³-hybridized carbons (Fsp3) is 0.556. The van der Waals surface area contributed by atoms with E-state index in [1.54, 1.807) is 18.1 Å². The summed E-state index contributed by atoms with van der Waals surface area (Å²) in [5, 5.41) is 0.458. The number of rotatable bonds is 2. The minimum Gasteiger partial charge on any atom is -0.494 e. The lowest BCUT2D eigenvalue weighted by molar-refractivity contribution is 0.0216. The van der Waals surface area contributed by atoms with Crippen LogP contribution in [0.25, 0.3) is 11.1 Å². The van der Waals surface area contributed by atoms with Gasteiger partial charge in [0.2, 0.25) is 0 Å². The molecule has 0 N–H and O–H groups in total. The molecule has 2 heterocycles. The minimum atomic E-state index is -0.512. The Morgan fingerprint density at radius 2 is 2.11 bits per heavy atom. The predicted molar refractivity (Wildman–Crippen MR) is 108 cm³/mol. The largest absolute Gasteiger partial charge is 0.494 e. The zero-order valence-corrected chi connectivity index (χ0v) is 18.3. The fourth-order valence-electron chi connectivity index (χ4n) is 3.01. The number of carbonyl (C=O) groups is 1. The van der Waals surface area contributed by atoms with Crippen molar-refractivity contribution in [3.63, 3.8) is 0 Å². The molecule has 1 atom stereocenters. The second kappa shape index (κ2) is 7.39. The van der Waals surface area contributed by atoms with Crippen LogP contribution in [-0.4, -0.2) is 54.4 Å². The maximum absolute atomic E-state index is 12.3. The molecule has 0 saturated carbocycles. The number of ether oxygens (including phenoxy) is 2. The van der Waals surface area contributed by atoms with E-state index in [1.165, 1.54) is 0 Å². The van der Waals surface area contributed by atoms with Gasteiger partial charge in [0.25, 0.3) is 6.01 Å². The van der Waals surface area contributed by atoms with Crippen LogP contribution in [0.2, 0.25) is 5.02 Å². The zero-order chi connectivity index (χ0) is 19.9. The van der Waals surface area contributed by atoms with Gasteiger partial charge in [-0.2, -0.15) is 4.98 Å². The number of hydrogen-bond donors (Lipinski definition) is 0. The van der Waals surface area contributed by atoms with E-state index >= 15 is 0 Å². The number of amides is 1. The van der Waals surface area contributed by atoms with E-state index < -0.39 is 5.60 Å². The number of halogens is 2. The molecule has 1 fully saturated rings. The summed E-state index contributed by atoms with van der Waals surface area (Å²) >= 11 is 9.70. The molecule has 7 nitrogen and oxygen atoms in total. The monoisotopic (exact) mass is 459 g/mol. The van der Waals surface area contributed by atoms with E-state index in [2.05, 4.69) is 20.9 Å². The SMILES string of the molecule is COc1c(Cl)cc2nc(N3CCN(C(=O)OC(C)(C)C)CC3C)oc2c1Br. The number of carbonyl (C=O) groups excluding carboxylic acids is 1. The lowest BCUT2D eigenvalue weighted by Gasteiger charge is -2.39. The molecule has 1 aliphatic heterocycles. The summed E-state index contributed by atoms with van der Waals surface area (Å²) in [6.45, 7) is 9.26. The smallest absolute Gasteiger partial charge is 0.410 e. The topological polar surface area (TPSA) is 68.0 Å². The number of nitrogens with zero attached hydrogens (tertiary/aromatic N) is 3. The third-order valence-electron chi connectivity index (χ3n) is 4.25. The van der Waals surface area contributed by atoms with Crippen molar-refractivity contribution in [2.45, 2.75) is 39.3 Å². The fourth-order valence-corrected chi connectivity index (χ4v) is 4.06. The zero-order valence-electron chi connectivity index (χ0n) is 16.0. The molecule has 0 spiro atoms. The highest BCUT2D eigenvalue weighted by atomic mass is 79.9. The van der Waals surface area contributed by atoms with Gasteiger partial charge in [-0.3, -0.25) is 0 Å². The summed E-state index contributed by atoms with van der Waals surface area (Å²) in [5.74, 6) is 0.509. The number of piperazine rings is 1. The summed E-state index contributed by atoms with van der Waals surface area (Å²) in [6.07, 6.45) is -0.300. The quantitative estimate of drug-likeness (QED) is 0.647. The third kappa shape index (κ3) is 4.11. The predicted octanol–water partition coefficient (Wildman–Crippen LogP) is 4.70. The number of benzene rings is 1. The maximum atomic E-state index is 12.3. The van der Waals surface area contributed by atoms with Crippen LogP contribution in [-0.2, 0) is 4.74 Å². The first-order valence-electron chi connectivity index (χ1n) is 8.68. The Balaban J connectivity index is 1.80. The van der Waals surface area contributed by atoms with E-state index in [-0.39, 0.29) is 12.1 Å². The normalized spacial score (nSPS) is 18.1. The van der Waals surface area contributed by atoms with Crippen LogP contribution in [0.5, 0.6) is 5.75 Å². The molecule has 0 aliphatic carbocycles. The lowest BCUT2D eigenvalue weighted by atomic mass is 10.2. The summed E-state index contributed by atoms with van der Waals surface area (Å²) in [6, 6.07) is 2.23. The van der Waals surface area contributed by atoms with E-state index in [0.29, 0.717) is 52.0 Å². The van der Waals surface area contributed by atoms with Gasteiger partial charge in [-0.25, -0.2) is 4.79 Å². The highest BCUT2D eigenvalue weighted by Gasteiger charge is 2.32. The molecule has 0 bridgehead atoms. The van der Waals surface area contributed by atoms with Gasteiger partial charge in [0, 0.05) is 25.7 Å². The van der Waals surface area contributed by atoms with Crippen LogP contribution in [0, 0.1) is 0 Å². The molecule has 2 aromatic rings. The average molecular weight is 461 g/mol. The van der Waals surface area contributed by atoms with Crippen molar-refractivity contribution in [2.24, 2.45) is 0 Å². The molecule has 1 aliphatic rings. The highest BCUT2D eigenvalue weighted by molar-refractivity contribution is 9.10. The van der Waals surface area contributed by atoms with E-state index in [9.17, 15) is 4.79 Å². The number of anilines is 1. The van der Waals surface area contributed by atoms with Crippen LogP contribution in [0.3, 0.4) is 0 Å². The van der Waals surface area contributed by atoms with Crippen LogP contribution < -0.4 is 9.64 Å². The van der Waals surface area contributed by atoms with Gasteiger partial charge < -0.3 is 23.7 Å². The number of fused-ring (bicyclic) bond motifs is 1. The molecule has 3 rings (SSSR count). The Morgan fingerprint density at radius 3 is 2.70 bits per heavy atom. The van der Waals surface area contributed by atoms with E-state index in [4.69, 9.17) is 25.5 Å². The van der Waals surface area contributed by atoms with Crippen molar-refractivity contribution < 1.29 is 18.7 Å². The molecule has 1 saturated heterocycles. The second-order valence-corrected chi connectivity index (χ2v) is 8.72. The van der Waals surface area contributed by atoms with Gasteiger partial charge >= 0.3 is 6.09 Å². The van der Waals surface area contributed by atoms with Crippen LogP contribution in [0.15, 0.2) is 15.0 Å². The Labute approximate surface area is 171 Å². The first kappa shape index (κ1) is 20.1. The molecule has 1 aromatic heterocycles. The molecule has 9 heteroatoms. The van der Waals surface area contributed by atoms with Crippen molar-refractivity contribution in [1.29, 1.82) is 0 Å². The number of oxazole rings is 1. The van der Waals surface area contributed by atoms with Crippen LogP contribution in [0.4, 0.5) is 10.8 Å². The van der Waals surface area contributed by atoms with Crippen molar-refractivity contribution >= 4 is 50.7 Å². The van der Waals surface area contributed by atoms with Crippen molar-refractivity contribution in [3.05, 3.63) is 15.6 Å². The number of hydrogen-bond acceptors (Lipinski definition) is 6. The molecule has 1 aromatic carbocycles. The maximum Gasteiger partial charge on any atom is 0.410 e. The molecule has 1 unspecified atom stereocenters. The molecule has 27 heavy (non-hydrogen) atoms. The molecule has 148 valence electrons. The van der Waals surface area contributed by atoms with E-state index in [1.807, 2.05) is 32.6 Å². The standard InChI is InChI=1S/C18H23BrClN3O4/c1-10-9-22(17(24)27-18(2,3)4)6-7-23(10)16-21-12-8-11(20)14(25-5)13(19)15(12)26-16/h8,10H,6-7,9H2,1-5H3. The van der Waals surface area contributed by atoms with Crippen molar-refractivity contribution in [1.82, 2.24) is 9.88 Å². The van der Waals surface area contributed by atoms with Crippen molar-refractivity contribution in [2.75, 3.05) is 31.6 Å². The molecule has 1 amide bonds. The van der Waals surface area contributed by atoms with Gasteiger partial charge in [0.05, 0.1) is 12.1 Å². The number of aromatic nitrogens is 1. The Morgan fingerprint density at radius 1 is 1.41 bits per heavy atom. The number of methoxy groups -OCH3 is 1. The average Bonchev–Trinajstić information content (AvgIpc) is 2.97. The Bertz CT molecular complexity index is 864. The first-order chi connectivity index (χ1) is 12.6. The Kier molecular flexibility index (Phi) is 5.49. The summed E-state index contributed by atoms with van der Waals surface area (Å²) in [4.78, 5) is 20.6. The van der Waals surface area contributed by atoms with Gasteiger partial charge in [-0.05, 0) is 49.7 Å². The first-order valence-corrected chi connectivity index (χ1v) is 9.85. The van der Waals surface area contributed by atoms with Gasteiger partial charge in [0.15, 0.2) is 11.3 Å². The van der Waals surface area contributed by atoms with Gasteiger partial charge in [-0.15, -0.1) is 0 Å². The molecular formula is C18H23BrClN3O4. The summed E-state index contributed by atoms with van der Waals surface area (Å²) in [7, 11) is 1.55. The summed E-state index contributed by atoms with van der Waals surface area (Å²) in [5.41, 5.74) is 0.708. The summed E-state index contributed by atoms with van der Waals surface area (Å²) < 4.78 is 17.4. The van der Waals surface area contributed by atoms with Crippen LogP contribution in [0.1, 0.15) is 27.7 Å². The molecular weight excluding hydrogens is 438 g/mol. The Hall–Kier alpha value is -1.67. The minimum absolute atomic E-state index is 0.0236. The third-order valence-corrected chi connectivity index (χ3v) is 5.25. The van der Waals surface area contributed by atoms with Crippen LogP contribution >= 0.6 is 27.5 Å². The van der Waals surface area contributed by atoms with E-state index in [0.717, 1.165) is 0 Å². The molecule has 0 radical (unpaired) electrons. The highest BCUT2D eigenvalue weighted by Crippen LogP contribution is 2.41.